The van der Waals surface area contributed by atoms with Crippen molar-refractivity contribution in [2.75, 3.05) is 0 Å². The Hall–Kier alpha value is -1.26. The van der Waals surface area contributed by atoms with E-state index in [4.69, 9.17) is 0 Å². The molecule has 17 heavy (non-hydrogen) atoms. The molecule has 0 spiro atoms. The first-order valence-corrected chi connectivity index (χ1v) is 6.15. The van der Waals surface area contributed by atoms with Crippen molar-refractivity contribution in [3.63, 3.8) is 0 Å². The SMILES string of the molecule is Cc1cnc(C(O)Cc2ccc(Br)cc2)cn1. The van der Waals surface area contributed by atoms with Gasteiger partial charge in [0.15, 0.2) is 0 Å². The van der Waals surface area contributed by atoms with Crippen LogP contribution in [0.1, 0.15) is 23.1 Å². The van der Waals surface area contributed by atoms with Gasteiger partial charge >= 0.3 is 0 Å². The van der Waals surface area contributed by atoms with Crippen LogP contribution in [0.4, 0.5) is 0 Å². The lowest BCUT2D eigenvalue weighted by molar-refractivity contribution is 0.173. The highest BCUT2D eigenvalue weighted by molar-refractivity contribution is 9.10. The molecule has 4 heteroatoms. The van der Waals surface area contributed by atoms with Crippen LogP contribution < -0.4 is 0 Å². The summed E-state index contributed by atoms with van der Waals surface area (Å²) in [5.74, 6) is 0. The summed E-state index contributed by atoms with van der Waals surface area (Å²) in [4.78, 5) is 8.30. The predicted molar refractivity (Wildman–Crippen MR) is 69.6 cm³/mol. The number of aliphatic hydroxyl groups is 1. The molecule has 1 N–H and O–H groups in total. The van der Waals surface area contributed by atoms with Crippen LogP contribution in [0.5, 0.6) is 0 Å². The van der Waals surface area contributed by atoms with E-state index in [1.807, 2.05) is 31.2 Å². The Labute approximate surface area is 109 Å². The van der Waals surface area contributed by atoms with E-state index in [0.717, 1.165) is 15.7 Å². The maximum Gasteiger partial charge on any atom is 0.102 e. The summed E-state index contributed by atoms with van der Waals surface area (Å²) in [7, 11) is 0. The Kier molecular flexibility index (Phi) is 3.86. The lowest BCUT2D eigenvalue weighted by Crippen LogP contribution is -2.05. The molecule has 3 nitrogen and oxygen atoms in total. The quantitative estimate of drug-likeness (QED) is 0.946. The number of aliphatic hydroxyl groups excluding tert-OH is 1. The zero-order valence-electron chi connectivity index (χ0n) is 9.47. The molecule has 0 fully saturated rings. The number of nitrogens with zero attached hydrogens (tertiary/aromatic N) is 2. The molecule has 1 aromatic heterocycles. The number of benzene rings is 1. The Morgan fingerprint density at radius 3 is 2.47 bits per heavy atom. The van der Waals surface area contributed by atoms with E-state index in [1.165, 1.54) is 0 Å². The Balaban J connectivity index is 2.08. The highest BCUT2D eigenvalue weighted by Gasteiger charge is 2.10. The van der Waals surface area contributed by atoms with Crippen LogP contribution in [0, 0.1) is 6.92 Å². The van der Waals surface area contributed by atoms with Gasteiger partial charge in [0.05, 0.1) is 17.6 Å². The van der Waals surface area contributed by atoms with Crippen molar-refractivity contribution in [2.24, 2.45) is 0 Å². The van der Waals surface area contributed by atoms with Crippen molar-refractivity contribution < 1.29 is 5.11 Å². The van der Waals surface area contributed by atoms with Crippen molar-refractivity contribution in [3.05, 3.63) is 58.1 Å². The molecule has 88 valence electrons. The van der Waals surface area contributed by atoms with E-state index in [0.29, 0.717) is 12.1 Å². The summed E-state index contributed by atoms with van der Waals surface area (Å²) in [6.45, 7) is 1.87. The number of aryl methyl sites for hydroxylation is 1. The summed E-state index contributed by atoms with van der Waals surface area (Å²) in [5, 5.41) is 10.0. The molecule has 0 aliphatic heterocycles. The fourth-order valence-corrected chi connectivity index (χ4v) is 1.79. The lowest BCUT2D eigenvalue weighted by atomic mass is 10.1. The van der Waals surface area contributed by atoms with Crippen molar-refractivity contribution in [2.45, 2.75) is 19.4 Å². The first kappa shape index (κ1) is 12.2. The van der Waals surface area contributed by atoms with Crippen molar-refractivity contribution in [3.8, 4) is 0 Å². The molecule has 2 rings (SSSR count). The minimum absolute atomic E-state index is 0.547. The van der Waals surface area contributed by atoms with Gasteiger partial charge in [0.1, 0.15) is 6.10 Å². The van der Waals surface area contributed by atoms with Gasteiger partial charge in [-0.25, -0.2) is 0 Å². The maximum atomic E-state index is 10.0. The van der Waals surface area contributed by atoms with E-state index in [1.54, 1.807) is 12.4 Å². The largest absolute Gasteiger partial charge is 0.386 e. The van der Waals surface area contributed by atoms with E-state index in [2.05, 4.69) is 25.9 Å². The normalized spacial score (nSPS) is 12.4. The third kappa shape index (κ3) is 3.35. The molecule has 1 aromatic carbocycles. The standard InChI is InChI=1S/C13H13BrN2O/c1-9-7-16-12(8-15-9)13(17)6-10-2-4-11(14)5-3-10/h2-5,7-8,13,17H,6H2,1H3. The number of rotatable bonds is 3. The molecule has 0 aliphatic carbocycles. The van der Waals surface area contributed by atoms with Gasteiger partial charge < -0.3 is 5.11 Å². The van der Waals surface area contributed by atoms with Crippen LogP contribution in [0.15, 0.2) is 41.1 Å². The summed E-state index contributed by atoms with van der Waals surface area (Å²) in [6, 6.07) is 7.88. The molecule has 1 heterocycles. The molecule has 1 atom stereocenters. The molecule has 1 unspecified atom stereocenters. The minimum atomic E-state index is -0.607. The molecule has 0 aliphatic rings. The fraction of sp³-hybridized carbons (Fsp3) is 0.231. The number of aromatic nitrogens is 2. The van der Waals surface area contributed by atoms with Gasteiger partial charge in [-0.3, -0.25) is 9.97 Å². The van der Waals surface area contributed by atoms with Gasteiger partial charge in [-0.05, 0) is 24.6 Å². The third-order valence-electron chi connectivity index (χ3n) is 2.48. The van der Waals surface area contributed by atoms with Crippen LogP contribution >= 0.6 is 15.9 Å². The van der Waals surface area contributed by atoms with Gasteiger partial charge in [-0.2, -0.15) is 0 Å². The first-order chi connectivity index (χ1) is 8.15. The Morgan fingerprint density at radius 2 is 1.88 bits per heavy atom. The molecule has 0 saturated carbocycles. The number of hydrogen-bond acceptors (Lipinski definition) is 3. The highest BCUT2D eigenvalue weighted by Crippen LogP contribution is 2.17. The molecule has 0 bridgehead atoms. The van der Waals surface area contributed by atoms with Crippen molar-refractivity contribution >= 4 is 15.9 Å². The Morgan fingerprint density at radius 1 is 1.18 bits per heavy atom. The zero-order valence-corrected chi connectivity index (χ0v) is 11.1. The summed E-state index contributed by atoms with van der Waals surface area (Å²) in [6.07, 6.45) is 3.23. The average molecular weight is 293 g/mol. The molecule has 0 saturated heterocycles. The second-order valence-electron chi connectivity index (χ2n) is 3.93. The van der Waals surface area contributed by atoms with E-state index >= 15 is 0 Å². The maximum absolute atomic E-state index is 10.0. The first-order valence-electron chi connectivity index (χ1n) is 5.36. The number of hydrogen-bond donors (Lipinski definition) is 1. The van der Waals surface area contributed by atoms with Crippen LogP contribution in [0.25, 0.3) is 0 Å². The zero-order chi connectivity index (χ0) is 12.3. The fourth-order valence-electron chi connectivity index (χ4n) is 1.52. The topological polar surface area (TPSA) is 46.0 Å². The van der Waals surface area contributed by atoms with E-state index < -0.39 is 6.10 Å². The molecule has 0 amide bonds. The van der Waals surface area contributed by atoms with Gasteiger partial charge in [0.25, 0.3) is 0 Å². The lowest BCUT2D eigenvalue weighted by Gasteiger charge is -2.09. The van der Waals surface area contributed by atoms with Crippen molar-refractivity contribution in [1.82, 2.24) is 9.97 Å². The molecular formula is C13H13BrN2O. The second kappa shape index (κ2) is 5.38. The second-order valence-corrected chi connectivity index (χ2v) is 4.84. The molecule has 2 aromatic rings. The Bertz CT molecular complexity index is 482. The minimum Gasteiger partial charge on any atom is -0.386 e. The van der Waals surface area contributed by atoms with Crippen LogP contribution in [0.2, 0.25) is 0 Å². The summed E-state index contributed by atoms with van der Waals surface area (Å²) >= 11 is 3.38. The average Bonchev–Trinajstić information content (AvgIpc) is 2.33. The van der Waals surface area contributed by atoms with Crippen LogP contribution in [0.3, 0.4) is 0 Å². The molecule has 0 radical (unpaired) electrons. The van der Waals surface area contributed by atoms with Gasteiger partial charge in [-0.15, -0.1) is 0 Å². The van der Waals surface area contributed by atoms with Gasteiger partial charge in [-0.1, -0.05) is 28.1 Å². The van der Waals surface area contributed by atoms with Crippen LogP contribution in [-0.4, -0.2) is 15.1 Å². The molecular weight excluding hydrogens is 280 g/mol. The monoisotopic (exact) mass is 292 g/mol. The van der Waals surface area contributed by atoms with Gasteiger partial charge in [0.2, 0.25) is 0 Å². The predicted octanol–water partition coefficient (Wildman–Crippen LogP) is 2.82. The summed E-state index contributed by atoms with van der Waals surface area (Å²) in [5.41, 5.74) is 2.53. The van der Waals surface area contributed by atoms with Crippen molar-refractivity contribution in [1.29, 1.82) is 0 Å². The third-order valence-corrected chi connectivity index (χ3v) is 3.01. The van der Waals surface area contributed by atoms with Crippen LogP contribution in [-0.2, 0) is 6.42 Å². The smallest absolute Gasteiger partial charge is 0.102 e. The van der Waals surface area contributed by atoms with E-state index in [9.17, 15) is 5.11 Å². The summed E-state index contributed by atoms with van der Waals surface area (Å²) < 4.78 is 1.03. The van der Waals surface area contributed by atoms with E-state index in [-0.39, 0.29) is 0 Å². The van der Waals surface area contributed by atoms with Gasteiger partial charge in [0, 0.05) is 17.1 Å². The highest BCUT2D eigenvalue weighted by atomic mass is 79.9. The number of halogens is 1.